The molecule has 2 aliphatic heterocycles. The summed E-state index contributed by atoms with van der Waals surface area (Å²) in [7, 11) is 0. The van der Waals surface area contributed by atoms with Crippen LogP contribution in [0, 0.1) is 11.3 Å². The number of carbonyl (C=O) groups excluding carboxylic acids is 3. The van der Waals surface area contributed by atoms with Crippen LogP contribution in [0.15, 0.2) is 18.2 Å². The van der Waals surface area contributed by atoms with Crippen LogP contribution >= 0.6 is 0 Å². The molecule has 4 rings (SSSR count). The minimum atomic E-state index is -0.913. The van der Waals surface area contributed by atoms with E-state index in [1.165, 1.54) is 0 Å². The topological polar surface area (TPSA) is 97.0 Å². The van der Waals surface area contributed by atoms with Crippen molar-refractivity contribution in [2.75, 3.05) is 18.7 Å². The van der Waals surface area contributed by atoms with Gasteiger partial charge in [0.25, 0.3) is 5.91 Å². The fourth-order valence-electron chi connectivity index (χ4n) is 5.01. The van der Waals surface area contributed by atoms with Crippen LogP contribution in [0.25, 0.3) is 0 Å². The maximum Gasteiger partial charge on any atom is 0.325 e. The summed E-state index contributed by atoms with van der Waals surface area (Å²) in [5.41, 5.74) is -0.515. The van der Waals surface area contributed by atoms with Crippen LogP contribution in [0.5, 0.6) is 11.5 Å². The Balaban J connectivity index is 1.48. The molecule has 2 heterocycles. The van der Waals surface area contributed by atoms with Gasteiger partial charge in [0.15, 0.2) is 11.5 Å². The number of nitrogens with zero attached hydrogens (tertiary/aromatic N) is 1. The number of fused-ring (bicyclic) bond motifs is 1. The molecule has 8 nitrogen and oxygen atoms in total. The zero-order valence-corrected chi connectivity index (χ0v) is 16.3. The molecule has 0 radical (unpaired) electrons. The normalized spacial score (nSPS) is 27.8. The molecule has 1 spiro atoms. The van der Waals surface area contributed by atoms with Crippen LogP contribution < -0.4 is 20.1 Å². The number of imide groups is 1. The van der Waals surface area contributed by atoms with Gasteiger partial charge in [0.1, 0.15) is 12.1 Å². The Kier molecular flexibility index (Phi) is 4.24. The zero-order valence-electron chi connectivity index (χ0n) is 16.3. The van der Waals surface area contributed by atoms with E-state index < -0.39 is 17.5 Å². The van der Waals surface area contributed by atoms with Gasteiger partial charge >= 0.3 is 6.03 Å². The summed E-state index contributed by atoms with van der Waals surface area (Å²) in [5.74, 6) is 0.529. The summed E-state index contributed by atoms with van der Waals surface area (Å²) in [6, 6.07) is 4.65. The Bertz CT molecular complexity index is 852. The van der Waals surface area contributed by atoms with Gasteiger partial charge in [-0.1, -0.05) is 26.8 Å². The smallest absolute Gasteiger partial charge is 0.325 e. The highest BCUT2D eigenvalue weighted by Crippen LogP contribution is 2.46. The van der Waals surface area contributed by atoms with Gasteiger partial charge in [-0.3, -0.25) is 14.5 Å². The number of para-hydroxylation sites is 1. The number of rotatable bonds is 3. The first-order chi connectivity index (χ1) is 13.2. The molecule has 0 aromatic heterocycles. The van der Waals surface area contributed by atoms with Crippen molar-refractivity contribution >= 4 is 23.5 Å². The monoisotopic (exact) mass is 387 g/mol. The van der Waals surface area contributed by atoms with Crippen molar-refractivity contribution in [3.05, 3.63) is 18.2 Å². The molecule has 1 aliphatic carbocycles. The molecule has 1 aromatic carbocycles. The first kappa shape index (κ1) is 18.6. The fraction of sp³-hybridized carbons (Fsp3) is 0.550. The maximum atomic E-state index is 13.1. The van der Waals surface area contributed by atoms with Gasteiger partial charge in [-0.15, -0.1) is 0 Å². The summed E-state index contributed by atoms with van der Waals surface area (Å²) in [6.07, 6.45) is 2.17. The van der Waals surface area contributed by atoms with Crippen molar-refractivity contribution in [1.82, 2.24) is 10.2 Å². The number of anilines is 1. The third-order valence-corrected chi connectivity index (χ3v) is 5.60. The van der Waals surface area contributed by atoms with Gasteiger partial charge in [-0.2, -0.15) is 0 Å². The third-order valence-electron chi connectivity index (χ3n) is 5.60. The van der Waals surface area contributed by atoms with Crippen LogP contribution in [0.3, 0.4) is 0 Å². The van der Waals surface area contributed by atoms with Crippen LogP contribution in [0.4, 0.5) is 10.5 Å². The Morgan fingerprint density at radius 1 is 1.29 bits per heavy atom. The minimum Gasteiger partial charge on any atom is -0.454 e. The first-order valence-electron chi connectivity index (χ1n) is 9.52. The number of urea groups is 1. The number of amides is 4. The second-order valence-corrected chi connectivity index (χ2v) is 8.85. The molecular weight excluding hydrogens is 362 g/mol. The molecule has 2 atom stereocenters. The lowest BCUT2D eigenvalue weighted by Crippen LogP contribution is -2.54. The second-order valence-electron chi connectivity index (χ2n) is 8.85. The number of hydrogen-bond acceptors (Lipinski definition) is 5. The van der Waals surface area contributed by atoms with E-state index in [1.54, 1.807) is 18.2 Å². The van der Waals surface area contributed by atoms with E-state index in [0.29, 0.717) is 35.9 Å². The number of hydrogen-bond donors (Lipinski definition) is 2. The van der Waals surface area contributed by atoms with Crippen LogP contribution in [-0.2, 0) is 9.59 Å². The van der Waals surface area contributed by atoms with Crippen molar-refractivity contribution in [1.29, 1.82) is 0 Å². The molecule has 2 fully saturated rings. The van der Waals surface area contributed by atoms with Gasteiger partial charge in [-0.05, 0) is 42.7 Å². The van der Waals surface area contributed by atoms with Crippen LogP contribution in [0.1, 0.15) is 40.0 Å². The molecule has 3 aliphatic rings. The lowest BCUT2D eigenvalue weighted by molar-refractivity contribution is -0.136. The average molecular weight is 387 g/mol. The van der Waals surface area contributed by atoms with Crippen molar-refractivity contribution in [3.8, 4) is 11.5 Å². The highest BCUT2D eigenvalue weighted by Gasteiger charge is 2.56. The summed E-state index contributed by atoms with van der Waals surface area (Å²) >= 11 is 0. The summed E-state index contributed by atoms with van der Waals surface area (Å²) in [6.45, 7) is 6.06. The van der Waals surface area contributed by atoms with Crippen molar-refractivity contribution in [3.63, 3.8) is 0 Å². The highest BCUT2D eigenvalue weighted by molar-refractivity contribution is 6.10. The van der Waals surface area contributed by atoms with E-state index in [4.69, 9.17) is 9.47 Å². The van der Waals surface area contributed by atoms with E-state index in [0.717, 1.165) is 11.3 Å². The molecule has 2 N–H and O–H groups in total. The zero-order chi connectivity index (χ0) is 20.1. The molecule has 0 unspecified atom stereocenters. The minimum absolute atomic E-state index is 0.0548. The Morgan fingerprint density at radius 3 is 2.82 bits per heavy atom. The van der Waals surface area contributed by atoms with Gasteiger partial charge in [0.05, 0.1) is 5.69 Å². The van der Waals surface area contributed by atoms with E-state index in [1.807, 2.05) is 0 Å². The molecule has 28 heavy (non-hydrogen) atoms. The second kappa shape index (κ2) is 6.39. The quantitative estimate of drug-likeness (QED) is 0.777. The van der Waals surface area contributed by atoms with Gasteiger partial charge in [0, 0.05) is 0 Å². The maximum absolute atomic E-state index is 13.1. The first-order valence-corrected chi connectivity index (χ1v) is 9.52. The van der Waals surface area contributed by atoms with Gasteiger partial charge < -0.3 is 20.1 Å². The molecule has 1 saturated carbocycles. The molecule has 4 amide bonds. The lowest BCUT2D eigenvalue weighted by Gasteiger charge is -2.43. The largest absolute Gasteiger partial charge is 0.454 e. The molecule has 1 aromatic rings. The average Bonchev–Trinajstić information content (AvgIpc) is 3.13. The van der Waals surface area contributed by atoms with Gasteiger partial charge in [-0.25, -0.2) is 4.79 Å². The standard InChI is InChI=1S/C20H25N3O5/c1-12-7-19(2,3)10-20(8-12)17(25)23(18(26)22-20)9-15(24)21-13-5-4-6-14-16(13)28-11-27-14/h4-6,12H,7-11H2,1-3H3,(H,21,24)(H,22,26)/t12-,20-/m0/s1. The SMILES string of the molecule is C[C@H]1CC(C)(C)C[C@]2(C1)NC(=O)N(CC(=O)Nc1cccc3c1OCO3)C2=O. The third kappa shape index (κ3) is 3.16. The van der Waals surface area contributed by atoms with Gasteiger partial charge in [0.2, 0.25) is 12.7 Å². The molecule has 0 bridgehead atoms. The number of carbonyl (C=O) groups is 3. The molecule has 8 heteroatoms. The Labute approximate surface area is 163 Å². The van der Waals surface area contributed by atoms with Crippen molar-refractivity contribution in [2.24, 2.45) is 11.3 Å². The van der Waals surface area contributed by atoms with E-state index in [-0.39, 0.29) is 24.7 Å². The van der Waals surface area contributed by atoms with E-state index in [2.05, 4.69) is 31.4 Å². The van der Waals surface area contributed by atoms with Crippen LogP contribution in [-0.4, -0.2) is 41.6 Å². The highest BCUT2D eigenvalue weighted by atomic mass is 16.7. The van der Waals surface area contributed by atoms with Crippen molar-refractivity contribution < 1.29 is 23.9 Å². The summed E-state index contributed by atoms with van der Waals surface area (Å²) in [5, 5.41) is 5.59. The Morgan fingerprint density at radius 2 is 2.07 bits per heavy atom. The summed E-state index contributed by atoms with van der Waals surface area (Å²) in [4.78, 5) is 39.2. The summed E-state index contributed by atoms with van der Waals surface area (Å²) < 4.78 is 10.7. The van der Waals surface area contributed by atoms with E-state index >= 15 is 0 Å². The number of benzene rings is 1. The predicted molar refractivity (Wildman–Crippen MR) is 101 cm³/mol. The molecular formula is C20H25N3O5. The Hall–Kier alpha value is -2.77. The molecule has 1 saturated heterocycles. The van der Waals surface area contributed by atoms with Crippen LogP contribution in [0.2, 0.25) is 0 Å². The predicted octanol–water partition coefficient (Wildman–Crippen LogP) is 2.49. The van der Waals surface area contributed by atoms with Crippen molar-refractivity contribution in [2.45, 2.75) is 45.6 Å². The fourth-order valence-corrected chi connectivity index (χ4v) is 5.01. The van der Waals surface area contributed by atoms with E-state index in [9.17, 15) is 14.4 Å². The number of ether oxygens (including phenoxy) is 2. The lowest BCUT2D eigenvalue weighted by atomic mass is 9.64. The molecule has 150 valence electrons. The number of nitrogens with one attached hydrogen (secondary N) is 2.